The lowest BCUT2D eigenvalue weighted by Crippen LogP contribution is -2.22. The molecule has 21 heavy (non-hydrogen) atoms. The van der Waals surface area contributed by atoms with Gasteiger partial charge in [0.2, 0.25) is 11.8 Å². The molecular weight excluding hydrogens is 273 g/mol. The number of halogens is 1. The van der Waals surface area contributed by atoms with Gasteiger partial charge in [-0.25, -0.2) is 4.39 Å². The molecule has 0 bridgehead atoms. The number of rotatable bonds is 5. The van der Waals surface area contributed by atoms with Crippen LogP contribution in [0.5, 0.6) is 0 Å². The van der Waals surface area contributed by atoms with Crippen molar-refractivity contribution >= 4 is 23.2 Å². The highest BCUT2D eigenvalue weighted by Crippen LogP contribution is 2.11. The number of carbonyl (C=O) groups is 2. The summed E-state index contributed by atoms with van der Waals surface area (Å²) in [5.41, 5.74) is 6.66. The zero-order chi connectivity index (χ0) is 15.2. The molecule has 0 spiro atoms. The molecule has 2 amide bonds. The van der Waals surface area contributed by atoms with E-state index in [0.29, 0.717) is 16.9 Å². The van der Waals surface area contributed by atoms with Crippen LogP contribution in [0.2, 0.25) is 0 Å². The lowest BCUT2D eigenvalue weighted by molar-refractivity contribution is -0.114. The molecule has 0 unspecified atom stereocenters. The predicted molar refractivity (Wildman–Crippen MR) is 78.5 cm³/mol. The minimum absolute atomic E-state index is 0.0135. The van der Waals surface area contributed by atoms with Crippen molar-refractivity contribution in [2.75, 3.05) is 17.2 Å². The average Bonchev–Trinajstić information content (AvgIpc) is 2.48. The number of amides is 2. The van der Waals surface area contributed by atoms with Crippen molar-refractivity contribution in [3.63, 3.8) is 0 Å². The van der Waals surface area contributed by atoms with Crippen molar-refractivity contribution in [2.24, 2.45) is 5.73 Å². The zero-order valence-corrected chi connectivity index (χ0v) is 11.1. The van der Waals surface area contributed by atoms with Crippen LogP contribution in [-0.4, -0.2) is 18.4 Å². The van der Waals surface area contributed by atoms with E-state index in [2.05, 4.69) is 10.6 Å². The summed E-state index contributed by atoms with van der Waals surface area (Å²) in [5.74, 6) is -1.19. The molecule has 4 N–H and O–H groups in total. The van der Waals surface area contributed by atoms with E-state index in [-0.39, 0.29) is 18.3 Å². The zero-order valence-electron chi connectivity index (χ0n) is 11.1. The molecule has 108 valence electrons. The highest BCUT2D eigenvalue weighted by molar-refractivity contribution is 5.95. The van der Waals surface area contributed by atoms with Crippen molar-refractivity contribution in [3.05, 3.63) is 59.9 Å². The second-order valence-corrected chi connectivity index (χ2v) is 4.35. The monoisotopic (exact) mass is 287 g/mol. The van der Waals surface area contributed by atoms with E-state index in [1.165, 1.54) is 24.3 Å². The van der Waals surface area contributed by atoms with Gasteiger partial charge in [-0.2, -0.15) is 0 Å². The van der Waals surface area contributed by atoms with Crippen molar-refractivity contribution in [1.82, 2.24) is 0 Å². The summed E-state index contributed by atoms with van der Waals surface area (Å²) in [7, 11) is 0. The lowest BCUT2D eigenvalue weighted by Gasteiger charge is -2.08. The Kier molecular flexibility index (Phi) is 4.50. The van der Waals surface area contributed by atoms with Crippen LogP contribution in [0.4, 0.5) is 15.8 Å². The van der Waals surface area contributed by atoms with Crippen LogP contribution in [-0.2, 0) is 4.79 Å². The summed E-state index contributed by atoms with van der Waals surface area (Å²) in [6.07, 6.45) is 0. The van der Waals surface area contributed by atoms with Gasteiger partial charge < -0.3 is 16.4 Å². The molecule has 2 aromatic carbocycles. The molecule has 5 nitrogen and oxygen atoms in total. The molecular formula is C15H14FN3O2. The minimum Gasteiger partial charge on any atom is -0.376 e. The highest BCUT2D eigenvalue weighted by Gasteiger charge is 2.04. The van der Waals surface area contributed by atoms with Gasteiger partial charge in [0.15, 0.2) is 0 Å². The first-order valence-corrected chi connectivity index (χ1v) is 6.24. The largest absolute Gasteiger partial charge is 0.376 e. The van der Waals surface area contributed by atoms with Gasteiger partial charge >= 0.3 is 0 Å². The van der Waals surface area contributed by atoms with Crippen LogP contribution in [0, 0.1) is 5.82 Å². The molecule has 0 aliphatic heterocycles. The van der Waals surface area contributed by atoms with Crippen LogP contribution in [0.15, 0.2) is 48.5 Å². The van der Waals surface area contributed by atoms with Crippen LogP contribution in [0.3, 0.4) is 0 Å². The molecule has 6 heteroatoms. The van der Waals surface area contributed by atoms with E-state index in [4.69, 9.17) is 5.73 Å². The van der Waals surface area contributed by atoms with Gasteiger partial charge in [0.1, 0.15) is 5.82 Å². The summed E-state index contributed by atoms with van der Waals surface area (Å²) >= 11 is 0. The van der Waals surface area contributed by atoms with Crippen molar-refractivity contribution < 1.29 is 14.0 Å². The van der Waals surface area contributed by atoms with Crippen molar-refractivity contribution in [1.29, 1.82) is 0 Å². The average molecular weight is 287 g/mol. The predicted octanol–water partition coefficient (Wildman–Crippen LogP) is 1.98. The molecule has 0 aliphatic carbocycles. The smallest absolute Gasteiger partial charge is 0.248 e. The lowest BCUT2D eigenvalue weighted by atomic mass is 10.2. The van der Waals surface area contributed by atoms with Crippen LogP contribution in [0.1, 0.15) is 10.4 Å². The standard InChI is InChI=1S/C15H14FN3O2/c16-11-4-6-12(7-5-11)19-14(20)9-18-13-3-1-2-10(8-13)15(17)21/h1-8,18H,9H2,(H2,17,21)(H,19,20). The van der Waals surface area contributed by atoms with Crippen LogP contribution in [0.25, 0.3) is 0 Å². The SMILES string of the molecule is NC(=O)c1cccc(NCC(=O)Nc2ccc(F)cc2)c1. The van der Waals surface area contributed by atoms with E-state index in [1.54, 1.807) is 24.3 Å². The molecule has 0 fully saturated rings. The Morgan fingerprint density at radius 3 is 2.43 bits per heavy atom. The number of hydrogen-bond donors (Lipinski definition) is 3. The minimum atomic E-state index is -0.533. The third kappa shape index (κ3) is 4.31. The Morgan fingerprint density at radius 2 is 1.76 bits per heavy atom. The number of nitrogens with two attached hydrogens (primary N) is 1. The van der Waals surface area contributed by atoms with Gasteiger partial charge in [0.05, 0.1) is 6.54 Å². The summed E-state index contributed by atoms with van der Waals surface area (Å²) < 4.78 is 12.7. The normalized spacial score (nSPS) is 9.95. The summed E-state index contributed by atoms with van der Waals surface area (Å²) in [4.78, 5) is 22.8. The summed E-state index contributed by atoms with van der Waals surface area (Å²) in [6.45, 7) is 0.0135. The molecule has 0 saturated heterocycles. The van der Waals surface area contributed by atoms with Crippen LogP contribution < -0.4 is 16.4 Å². The maximum Gasteiger partial charge on any atom is 0.248 e. The summed E-state index contributed by atoms with van der Waals surface area (Å²) in [6, 6.07) is 12.0. The fourth-order valence-electron chi connectivity index (χ4n) is 1.70. The summed E-state index contributed by atoms with van der Waals surface area (Å²) in [5, 5.41) is 5.49. The number of carbonyl (C=O) groups excluding carboxylic acids is 2. The van der Waals surface area contributed by atoms with Gasteiger partial charge in [-0.3, -0.25) is 9.59 Å². The van der Waals surface area contributed by atoms with Crippen molar-refractivity contribution in [2.45, 2.75) is 0 Å². The quantitative estimate of drug-likeness (QED) is 0.786. The first-order valence-electron chi connectivity index (χ1n) is 6.24. The fourth-order valence-corrected chi connectivity index (χ4v) is 1.70. The second-order valence-electron chi connectivity index (χ2n) is 4.35. The number of nitrogens with one attached hydrogen (secondary N) is 2. The first kappa shape index (κ1) is 14.5. The number of primary amides is 1. The third-order valence-corrected chi connectivity index (χ3v) is 2.73. The molecule has 0 heterocycles. The van der Waals surface area contributed by atoms with Crippen LogP contribution >= 0.6 is 0 Å². The maximum absolute atomic E-state index is 12.7. The number of hydrogen-bond acceptors (Lipinski definition) is 3. The fraction of sp³-hybridized carbons (Fsp3) is 0.0667. The maximum atomic E-state index is 12.7. The topological polar surface area (TPSA) is 84.2 Å². The van der Waals surface area contributed by atoms with Gasteiger partial charge in [0.25, 0.3) is 0 Å². The molecule has 0 atom stereocenters. The van der Waals surface area contributed by atoms with Crippen molar-refractivity contribution in [3.8, 4) is 0 Å². The Bertz CT molecular complexity index is 656. The Balaban J connectivity index is 1.90. The second kappa shape index (κ2) is 6.51. The third-order valence-electron chi connectivity index (χ3n) is 2.73. The molecule has 0 radical (unpaired) electrons. The number of benzene rings is 2. The van der Waals surface area contributed by atoms with E-state index in [0.717, 1.165) is 0 Å². The van der Waals surface area contributed by atoms with Gasteiger partial charge in [-0.15, -0.1) is 0 Å². The molecule has 0 aromatic heterocycles. The number of anilines is 2. The first-order chi connectivity index (χ1) is 10.0. The van der Waals surface area contributed by atoms with Gasteiger partial charge in [-0.05, 0) is 42.5 Å². The molecule has 2 rings (SSSR count). The Morgan fingerprint density at radius 1 is 1.05 bits per heavy atom. The van der Waals surface area contributed by atoms with Gasteiger partial charge in [-0.1, -0.05) is 6.07 Å². The Labute approximate surface area is 121 Å². The molecule has 0 saturated carbocycles. The molecule has 2 aromatic rings. The van der Waals surface area contributed by atoms with Gasteiger partial charge in [0, 0.05) is 16.9 Å². The van der Waals surface area contributed by atoms with E-state index in [9.17, 15) is 14.0 Å². The Hall–Kier alpha value is -2.89. The highest BCUT2D eigenvalue weighted by atomic mass is 19.1. The molecule has 0 aliphatic rings. The van der Waals surface area contributed by atoms with E-state index in [1.807, 2.05) is 0 Å². The van der Waals surface area contributed by atoms with E-state index < -0.39 is 5.91 Å². The van der Waals surface area contributed by atoms with E-state index >= 15 is 0 Å².